The second kappa shape index (κ2) is 8.32. The van der Waals surface area contributed by atoms with Gasteiger partial charge in [0.15, 0.2) is 0 Å². The minimum absolute atomic E-state index is 0.162. The van der Waals surface area contributed by atoms with E-state index in [1.807, 2.05) is 31.2 Å². The Labute approximate surface area is 149 Å². The maximum atomic E-state index is 10.3. The van der Waals surface area contributed by atoms with Crippen molar-refractivity contribution in [3.05, 3.63) is 53.9 Å². The van der Waals surface area contributed by atoms with Gasteiger partial charge in [0.2, 0.25) is 0 Å². The second-order valence-electron chi connectivity index (χ2n) is 6.70. The van der Waals surface area contributed by atoms with Gasteiger partial charge in [-0.15, -0.1) is 0 Å². The van der Waals surface area contributed by atoms with Crippen LogP contribution in [0.3, 0.4) is 0 Å². The molecule has 0 spiro atoms. The minimum Gasteiger partial charge on any atom is -0.491 e. The number of nitrogens with zero attached hydrogens (tertiary/aromatic N) is 2. The Bertz CT molecular complexity index is 678. The summed E-state index contributed by atoms with van der Waals surface area (Å²) in [7, 11) is 0. The van der Waals surface area contributed by atoms with Crippen molar-refractivity contribution in [1.29, 1.82) is 0 Å². The van der Waals surface area contributed by atoms with Crippen molar-refractivity contribution in [3.8, 4) is 11.5 Å². The Hall–Kier alpha value is -2.11. The van der Waals surface area contributed by atoms with E-state index in [1.165, 1.54) is 5.56 Å². The highest BCUT2D eigenvalue weighted by atomic mass is 16.5. The molecule has 1 saturated heterocycles. The Morgan fingerprint density at radius 3 is 2.80 bits per heavy atom. The van der Waals surface area contributed by atoms with Gasteiger partial charge in [-0.1, -0.05) is 17.7 Å². The van der Waals surface area contributed by atoms with Gasteiger partial charge in [-0.05, 0) is 44.0 Å². The molecule has 2 atom stereocenters. The smallest absolute Gasteiger partial charge is 0.122 e. The van der Waals surface area contributed by atoms with Crippen LogP contribution in [0.25, 0.3) is 0 Å². The molecular weight excluding hydrogens is 316 g/mol. The van der Waals surface area contributed by atoms with E-state index in [1.54, 1.807) is 12.4 Å². The van der Waals surface area contributed by atoms with Gasteiger partial charge in [0.25, 0.3) is 0 Å². The number of hydrogen-bond acceptors (Lipinski definition) is 5. The van der Waals surface area contributed by atoms with Gasteiger partial charge in [0, 0.05) is 32.0 Å². The summed E-state index contributed by atoms with van der Waals surface area (Å²) in [5.74, 6) is 1.69. The molecule has 0 radical (unpaired) electrons. The van der Waals surface area contributed by atoms with Crippen LogP contribution in [0.4, 0.5) is 0 Å². The lowest BCUT2D eigenvalue weighted by atomic mass is 10.1. The van der Waals surface area contributed by atoms with Crippen molar-refractivity contribution in [2.75, 3.05) is 26.2 Å². The van der Waals surface area contributed by atoms with Crippen LogP contribution in [0.1, 0.15) is 17.5 Å². The molecule has 1 fully saturated rings. The summed E-state index contributed by atoms with van der Waals surface area (Å²) in [6.45, 7) is 6.73. The number of aryl methyl sites for hydroxylation is 2. The van der Waals surface area contributed by atoms with E-state index in [-0.39, 0.29) is 6.10 Å². The normalized spacial score (nSPS) is 18.9. The summed E-state index contributed by atoms with van der Waals surface area (Å²) in [5, 5.41) is 10.3. The van der Waals surface area contributed by atoms with E-state index in [2.05, 4.69) is 22.9 Å². The molecule has 0 amide bonds. The molecule has 134 valence electrons. The SMILES string of the molecule is Cc1ccc(OCC(O)CN2CCC(Oc3ccncc3)C2)c(C)c1. The quantitative estimate of drug-likeness (QED) is 0.838. The highest BCUT2D eigenvalue weighted by Crippen LogP contribution is 2.20. The van der Waals surface area contributed by atoms with Gasteiger partial charge < -0.3 is 14.6 Å². The van der Waals surface area contributed by atoms with Crippen molar-refractivity contribution >= 4 is 0 Å². The van der Waals surface area contributed by atoms with E-state index >= 15 is 0 Å². The van der Waals surface area contributed by atoms with Crippen molar-refractivity contribution in [2.24, 2.45) is 0 Å². The summed E-state index contributed by atoms with van der Waals surface area (Å²) >= 11 is 0. The first-order chi connectivity index (χ1) is 12.1. The van der Waals surface area contributed by atoms with Crippen LogP contribution in [0.15, 0.2) is 42.7 Å². The third-order valence-electron chi connectivity index (χ3n) is 4.41. The highest BCUT2D eigenvalue weighted by Gasteiger charge is 2.25. The van der Waals surface area contributed by atoms with Gasteiger partial charge in [-0.25, -0.2) is 0 Å². The summed E-state index contributed by atoms with van der Waals surface area (Å²) < 4.78 is 11.7. The fourth-order valence-corrected chi connectivity index (χ4v) is 3.17. The van der Waals surface area contributed by atoms with E-state index in [9.17, 15) is 5.11 Å². The standard InChI is InChI=1S/C20H26N2O3/c1-15-3-4-20(16(2)11-15)24-14-17(23)12-22-10-7-19(13-22)25-18-5-8-21-9-6-18/h3-6,8-9,11,17,19,23H,7,10,12-14H2,1-2H3. The lowest BCUT2D eigenvalue weighted by molar-refractivity contribution is 0.0717. The van der Waals surface area contributed by atoms with E-state index in [4.69, 9.17) is 9.47 Å². The molecule has 2 heterocycles. The van der Waals surface area contributed by atoms with Gasteiger partial charge in [0.05, 0.1) is 0 Å². The zero-order chi connectivity index (χ0) is 17.6. The zero-order valence-electron chi connectivity index (χ0n) is 14.9. The zero-order valence-corrected chi connectivity index (χ0v) is 14.9. The number of ether oxygens (including phenoxy) is 2. The average molecular weight is 342 g/mol. The predicted octanol–water partition coefficient (Wildman–Crippen LogP) is 2.59. The van der Waals surface area contributed by atoms with Crippen LogP contribution in [-0.2, 0) is 0 Å². The largest absolute Gasteiger partial charge is 0.491 e. The summed E-state index contributed by atoms with van der Waals surface area (Å²) in [6.07, 6.45) is 4.08. The fraction of sp³-hybridized carbons (Fsp3) is 0.450. The van der Waals surface area contributed by atoms with Crippen LogP contribution < -0.4 is 9.47 Å². The number of aliphatic hydroxyl groups excluding tert-OH is 1. The Kier molecular flexibility index (Phi) is 5.89. The molecular formula is C20H26N2O3. The summed E-state index contributed by atoms with van der Waals surface area (Å²) in [6, 6.07) is 9.82. The van der Waals surface area contributed by atoms with Gasteiger partial charge in [-0.3, -0.25) is 9.88 Å². The highest BCUT2D eigenvalue weighted by molar-refractivity contribution is 5.35. The molecule has 2 aromatic rings. The Morgan fingerprint density at radius 1 is 1.24 bits per heavy atom. The van der Waals surface area contributed by atoms with Crippen LogP contribution in [0.5, 0.6) is 11.5 Å². The number of pyridine rings is 1. The van der Waals surface area contributed by atoms with E-state index in [0.29, 0.717) is 13.2 Å². The van der Waals surface area contributed by atoms with Crippen molar-refractivity contribution in [2.45, 2.75) is 32.5 Å². The molecule has 1 aromatic heterocycles. The number of β-amino-alcohol motifs (C(OH)–C–C–N with tert-alkyl or cyclic N) is 1. The summed E-state index contributed by atoms with van der Waals surface area (Å²) in [4.78, 5) is 6.22. The maximum absolute atomic E-state index is 10.3. The molecule has 1 aromatic carbocycles. The lowest BCUT2D eigenvalue weighted by Gasteiger charge is -2.21. The number of aromatic nitrogens is 1. The first-order valence-electron chi connectivity index (χ1n) is 8.77. The van der Waals surface area contributed by atoms with Crippen LogP contribution in [0.2, 0.25) is 0 Å². The van der Waals surface area contributed by atoms with Crippen LogP contribution in [0, 0.1) is 13.8 Å². The molecule has 1 aliphatic rings. The first-order valence-corrected chi connectivity index (χ1v) is 8.77. The third-order valence-corrected chi connectivity index (χ3v) is 4.41. The fourth-order valence-electron chi connectivity index (χ4n) is 3.17. The maximum Gasteiger partial charge on any atom is 0.122 e. The number of benzene rings is 1. The topological polar surface area (TPSA) is 54.8 Å². The molecule has 0 saturated carbocycles. The van der Waals surface area contributed by atoms with Crippen molar-refractivity contribution < 1.29 is 14.6 Å². The average Bonchev–Trinajstić information content (AvgIpc) is 3.02. The Morgan fingerprint density at radius 2 is 2.04 bits per heavy atom. The Balaban J connectivity index is 1.42. The number of rotatable bonds is 7. The predicted molar refractivity (Wildman–Crippen MR) is 97.1 cm³/mol. The third kappa shape index (κ3) is 5.18. The molecule has 1 aliphatic heterocycles. The van der Waals surface area contributed by atoms with Gasteiger partial charge in [-0.2, -0.15) is 0 Å². The van der Waals surface area contributed by atoms with Crippen LogP contribution >= 0.6 is 0 Å². The number of hydrogen-bond donors (Lipinski definition) is 1. The first kappa shape index (κ1) is 17.7. The summed E-state index contributed by atoms with van der Waals surface area (Å²) in [5.41, 5.74) is 2.31. The molecule has 5 heteroatoms. The van der Waals surface area contributed by atoms with E-state index < -0.39 is 6.10 Å². The molecule has 1 N–H and O–H groups in total. The second-order valence-corrected chi connectivity index (χ2v) is 6.70. The van der Waals surface area contributed by atoms with Gasteiger partial charge in [0.1, 0.15) is 30.3 Å². The molecule has 25 heavy (non-hydrogen) atoms. The molecule has 5 nitrogen and oxygen atoms in total. The number of aliphatic hydroxyl groups is 1. The minimum atomic E-state index is -0.514. The lowest BCUT2D eigenvalue weighted by Crippen LogP contribution is -2.35. The van der Waals surface area contributed by atoms with Crippen molar-refractivity contribution in [1.82, 2.24) is 9.88 Å². The van der Waals surface area contributed by atoms with Crippen LogP contribution in [-0.4, -0.2) is 53.4 Å². The van der Waals surface area contributed by atoms with E-state index in [0.717, 1.165) is 36.6 Å². The number of likely N-dealkylation sites (tertiary alicyclic amines) is 1. The van der Waals surface area contributed by atoms with Crippen molar-refractivity contribution in [3.63, 3.8) is 0 Å². The molecule has 0 aliphatic carbocycles. The molecule has 3 rings (SSSR count). The van der Waals surface area contributed by atoms with Gasteiger partial charge >= 0.3 is 0 Å². The molecule has 0 bridgehead atoms. The molecule has 2 unspecified atom stereocenters. The monoisotopic (exact) mass is 342 g/mol.